The van der Waals surface area contributed by atoms with Gasteiger partial charge in [0, 0.05) is 5.69 Å². The molecular weight excluding hydrogens is 288 g/mol. The number of rotatable bonds is 4. The zero-order chi connectivity index (χ0) is 14.0. The van der Waals surface area contributed by atoms with Crippen molar-refractivity contribution in [2.45, 2.75) is 20.3 Å². The van der Waals surface area contributed by atoms with Crippen LogP contribution in [0.5, 0.6) is 10.9 Å². The van der Waals surface area contributed by atoms with Crippen molar-refractivity contribution in [1.82, 2.24) is 9.97 Å². The fraction of sp³-hybridized carbons (Fsp3) is 0.250. The summed E-state index contributed by atoms with van der Waals surface area (Å²) in [6.07, 6.45) is 0.710. The van der Waals surface area contributed by atoms with E-state index in [0.29, 0.717) is 12.2 Å². The second-order valence-electron chi connectivity index (χ2n) is 3.76. The highest BCUT2D eigenvalue weighted by Crippen LogP contribution is 2.33. The van der Waals surface area contributed by atoms with Crippen LogP contribution in [0.15, 0.2) is 12.1 Å². The number of carboxylic acids is 1. The number of nitrogens with zero attached hydrogens (tertiary/aromatic N) is 2. The number of aryl methyl sites for hydroxylation is 2. The van der Waals surface area contributed by atoms with Crippen LogP contribution >= 0.6 is 22.9 Å². The van der Waals surface area contributed by atoms with Crippen molar-refractivity contribution in [1.29, 1.82) is 0 Å². The molecule has 0 unspecified atom stereocenters. The normalized spacial score (nSPS) is 10.5. The maximum absolute atomic E-state index is 10.9. The average molecular weight is 299 g/mol. The molecule has 100 valence electrons. The maximum atomic E-state index is 10.9. The highest BCUT2D eigenvalue weighted by molar-refractivity contribution is 7.15. The Morgan fingerprint density at radius 2 is 2.21 bits per heavy atom. The number of aromatic nitrogens is 2. The summed E-state index contributed by atoms with van der Waals surface area (Å²) >= 11 is 6.62. The standard InChI is InChI=1S/C12H11ClN2O3S/c1-3-7-8(5-4-6(2)14-7)18-12-15-10(13)9(19-12)11(16)17/h4-5H,3H2,1-2H3,(H,16,17). The van der Waals surface area contributed by atoms with Crippen LogP contribution in [-0.2, 0) is 6.42 Å². The van der Waals surface area contributed by atoms with E-state index in [4.69, 9.17) is 21.4 Å². The minimum absolute atomic E-state index is 0.0326. The lowest BCUT2D eigenvalue weighted by Crippen LogP contribution is -1.95. The molecule has 0 fully saturated rings. The first-order valence-electron chi connectivity index (χ1n) is 5.55. The molecule has 0 aliphatic heterocycles. The number of thiazole rings is 1. The van der Waals surface area contributed by atoms with Crippen molar-refractivity contribution in [3.05, 3.63) is 33.6 Å². The van der Waals surface area contributed by atoms with Crippen LogP contribution in [0.25, 0.3) is 0 Å². The molecule has 0 radical (unpaired) electrons. The van der Waals surface area contributed by atoms with Crippen LogP contribution in [-0.4, -0.2) is 21.0 Å². The molecule has 0 amide bonds. The second kappa shape index (κ2) is 5.54. The summed E-state index contributed by atoms with van der Waals surface area (Å²) in [5.41, 5.74) is 1.69. The molecule has 2 aromatic heterocycles. The quantitative estimate of drug-likeness (QED) is 0.934. The van der Waals surface area contributed by atoms with Crippen LogP contribution in [0.1, 0.15) is 28.0 Å². The summed E-state index contributed by atoms with van der Waals surface area (Å²) in [5, 5.41) is 9.03. The number of pyridine rings is 1. The second-order valence-corrected chi connectivity index (χ2v) is 5.08. The lowest BCUT2D eigenvalue weighted by molar-refractivity contribution is 0.0702. The third-order valence-corrected chi connectivity index (χ3v) is 3.67. The van der Waals surface area contributed by atoms with Crippen molar-refractivity contribution in [3.63, 3.8) is 0 Å². The smallest absolute Gasteiger partial charge is 0.349 e. The Balaban J connectivity index is 2.31. The third-order valence-electron chi connectivity index (χ3n) is 2.36. The van der Waals surface area contributed by atoms with E-state index in [1.54, 1.807) is 6.07 Å². The minimum atomic E-state index is -1.12. The van der Waals surface area contributed by atoms with Gasteiger partial charge in [0.25, 0.3) is 5.19 Å². The predicted molar refractivity (Wildman–Crippen MR) is 72.5 cm³/mol. The summed E-state index contributed by atoms with van der Waals surface area (Å²) in [4.78, 5) is 19.1. The van der Waals surface area contributed by atoms with Crippen LogP contribution in [0.3, 0.4) is 0 Å². The van der Waals surface area contributed by atoms with Gasteiger partial charge in [-0.15, -0.1) is 0 Å². The third kappa shape index (κ3) is 3.02. The Morgan fingerprint density at radius 3 is 2.79 bits per heavy atom. The van der Waals surface area contributed by atoms with E-state index in [0.717, 1.165) is 22.7 Å². The molecule has 5 nitrogen and oxygen atoms in total. The Hall–Kier alpha value is -1.66. The van der Waals surface area contributed by atoms with E-state index in [1.165, 1.54) is 0 Å². The van der Waals surface area contributed by atoms with Crippen LogP contribution in [0, 0.1) is 6.92 Å². The molecule has 0 aliphatic rings. The molecule has 0 saturated heterocycles. The van der Waals surface area contributed by atoms with E-state index >= 15 is 0 Å². The number of hydrogen-bond donors (Lipinski definition) is 1. The lowest BCUT2D eigenvalue weighted by atomic mass is 10.2. The first kappa shape index (κ1) is 13.8. The molecule has 2 aromatic rings. The molecule has 7 heteroatoms. The molecule has 2 rings (SSSR count). The van der Waals surface area contributed by atoms with Crippen molar-refractivity contribution in [2.24, 2.45) is 0 Å². The molecular formula is C12H11ClN2O3S. The zero-order valence-electron chi connectivity index (χ0n) is 10.3. The molecule has 0 bridgehead atoms. The van der Waals surface area contributed by atoms with Gasteiger partial charge in [-0.05, 0) is 25.5 Å². The van der Waals surface area contributed by atoms with Crippen LogP contribution < -0.4 is 4.74 Å². The summed E-state index contributed by atoms with van der Waals surface area (Å²) < 4.78 is 5.56. The van der Waals surface area contributed by atoms with Crippen molar-refractivity contribution in [3.8, 4) is 10.9 Å². The van der Waals surface area contributed by atoms with Gasteiger partial charge in [0.15, 0.2) is 15.8 Å². The summed E-state index contributed by atoms with van der Waals surface area (Å²) in [6, 6.07) is 3.61. The van der Waals surface area contributed by atoms with Gasteiger partial charge in [0.2, 0.25) is 0 Å². The molecule has 19 heavy (non-hydrogen) atoms. The van der Waals surface area contributed by atoms with Gasteiger partial charge < -0.3 is 9.84 Å². The summed E-state index contributed by atoms with van der Waals surface area (Å²) in [5.74, 6) is -0.550. The van der Waals surface area contributed by atoms with E-state index in [-0.39, 0.29) is 15.2 Å². The first-order valence-corrected chi connectivity index (χ1v) is 6.74. The number of carboxylic acid groups (broad SMARTS) is 1. The van der Waals surface area contributed by atoms with Gasteiger partial charge in [0.05, 0.1) is 5.69 Å². The molecule has 0 saturated carbocycles. The Morgan fingerprint density at radius 1 is 1.47 bits per heavy atom. The zero-order valence-corrected chi connectivity index (χ0v) is 11.9. The Bertz CT molecular complexity index is 627. The molecule has 1 N–H and O–H groups in total. The number of hydrogen-bond acceptors (Lipinski definition) is 5. The number of aromatic carboxylic acids is 1. The van der Waals surface area contributed by atoms with Crippen LogP contribution in [0.2, 0.25) is 5.15 Å². The minimum Gasteiger partial charge on any atom is -0.477 e. The number of ether oxygens (including phenoxy) is 1. The fourth-order valence-electron chi connectivity index (χ4n) is 1.50. The first-order chi connectivity index (χ1) is 9.01. The highest BCUT2D eigenvalue weighted by atomic mass is 35.5. The van der Waals surface area contributed by atoms with E-state index in [1.807, 2.05) is 19.9 Å². The van der Waals surface area contributed by atoms with E-state index in [2.05, 4.69) is 9.97 Å². The van der Waals surface area contributed by atoms with Gasteiger partial charge in [0.1, 0.15) is 0 Å². The molecule has 0 aliphatic carbocycles. The molecule has 0 atom stereocenters. The van der Waals surface area contributed by atoms with Gasteiger partial charge in [-0.1, -0.05) is 29.9 Å². The van der Waals surface area contributed by atoms with Gasteiger partial charge in [-0.3, -0.25) is 4.98 Å². The van der Waals surface area contributed by atoms with E-state index < -0.39 is 5.97 Å². The largest absolute Gasteiger partial charge is 0.477 e. The predicted octanol–water partition coefficient (Wildman–Crippen LogP) is 3.55. The molecule has 0 spiro atoms. The monoisotopic (exact) mass is 298 g/mol. The average Bonchev–Trinajstić information content (AvgIpc) is 2.72. The molecule has 0 aromatic carbocycles. The fourth-order valence-corrected chi connectivity index (χ4v) is 2.48. The van der Waals surface area contributed by atoms with Gasteiger partial charge in [-0.25, -0.2) is 4.79 Å². The van der Waals surface area contributed by atoms with Crippen molar-refractivity contribution >= 4 is 28.9 Å². The summed E-state index contributed by atoms with van der Waals surface area (Å²) in [7, 11) is 0. The molecule has 2 heterocycles. The number of carbonyl (C=O) groups is 1. The van der Waals surface area contributed by atoms with Gasteiger partial charge in [-0.2, -0.15) is 4.98 Å². The summed E-state index contributed by atoms with van der Waals surface area (Å²) in [6.45, 7) is 3.86. The van der Waals surface area contributed by atoms with Crippen molar-refractivity contribution in [2.75, 3.05) is 0 Å². The van der Waals surface area contributed by atoms with E-state index in [9.17, 15) is 4.79 Å². The lowest BCUT2D eigenvalue weighted by Gasteiger charge is -2.07. The SMILES string of the molecule is CCc1nc(C)ccc1Oc1nc(Cl)c(C(=O)O)s1. The van der Waals surface area contributed by atoms with Crippen molar-refractivity contribution < 1.29 is 14.6 Å². The van der Waals surface area contributed by atoms with Crippen LogP contribution in [0.4, 0.5) is 0 Å². The topological polar surface area (TPSA) is 72.3 Å². The number of halogens is 1. The Kier molecular flexibility index (Phi) is 4.01. The maximum Gasteiger partial charge on any atom is 0.349 e. The Labute approximate surface area is 118 Å². The highest BCUT2D eigenvalue weighted by Gasteiger charge is 2.17. The van der Waals surface area contributed by atoms with Gasteiger partial charge >= 0.3 is 5.97 Å².